The second-order valence-corrected chi connectivity index (χ2v) is 6.58. The Balaban J connectivity index is 2.13. The summed E-state index contributed by atoms with van der Waals surface area (Å²) in [6.45, 7) is 2.21. The quantitative estimate of drug-likeness (QED) is 0.792. The van der Waals surface area contributed by atoms with Crippen LogP contribution in [0.25, 0.3) is 0 Å². The lowest BCUT2D eigenvalue weighted by Crippen LogP contribution is -2.17. The molecule has 1 aromatic carbocycles. The minimum atomic E-state index is -0.374. The minimum Gasteiger partial charge on any atom is -0.486 e. The molecule has 0 aliphatic rings. The third-order valence-electron chi connectivity index (χ3n) is 2.76. The van der Waals surface area contributed by atoms with Crippen molar-refractivity contribution < 1.29 is 9.13 Å². The molecule has 0 saturated heterocycles. The topological polar surface area (TPSA) is 48.1 Å². The summed E-state index contributed by atoms with van der Waals surface area (Å²) in [6.07, 6.45) is 3.53. The van der Waals surface area contributed by atoms with E-state index in [2.05, 4.69) is 36.8 Å². The van der Waals surface area contributed by atoms with E-state index in [1.807, 2.05) is 19.1 Å². The summed E-state index contributed by atoms with van der Waals surface area (Å²) in [4.78, 5) is 3.80. The van der Waals surface area contributed by atoms with E-state index in [9.17, 15) is 4.39 Å². The van der Waals surface area contributed by atoms with Gasteiger partial charge < -0.3 is 10.5 Å². The van der Waals surface area contributed by atoms with Crippen molar-refractivity contribution in [1.29, 1.82) is 0 Å². The molecule has 2 rings (SSSR count). The van der Waals surface area contributed by atoms with Crippen LogP contribution in [-0.4, -0.2) is 11.0 Å². The number of hydrogen-bond donors (Lipinski definition) is 1. The summed E-state index contributed by atoms with van der Waals surface area (Å²) in [5.41, 5.74) is 7.60. The molecule has 3 nitrogen and oxygen atoms in total. The highest BCUT2D eigenvalue weighted by atomic mass is 79.9. The van der Waals surface area contributed by atoms with E-state index in [1.54, 1.807) is 6.20 Å². The van der Waals surface area contributed by atoms with Crippen LogP contribution in [0.15, 0.2) is 39.5 Å². The summed E-state index contributed by atoms with van der Waals surface area (Å²) in [7, 11) is 0. The van der Waals surface area contributed by atoms with Crippen molar-refractivity contribution in [3.05, 3.63) is 56.5 Å². The number of aromatic nitrogens is 1. The van der Waals surface area contributed by atoms with Gasteiger partial charge in [0.2, 0.25) is 0 Å². The molecule has 21 heavy (non-hydrogen) atoms. The molecule has 0 aliphatic heterocycles. The number of hydrogen-bond acceptors (Lipinski definition) is 3. The number of nitrogens with zero attached hydrogens (tertiary/aromatic N) is 1. The van der Waals surface area contributed by atoms with Gasteiger partial charge in [0.15, 0.2) is 0 Å². The van der Waals surface area contributed by atoms with Crippen molar-refractivity contribution in [1.82, 2.24) is 4.98 Å². The van der Waals surface area contributed by atoms with Gasteiger partial charge in [0, 0.05) is 17.8 Å². The maximum Gasteiger partial charge on any atom is 0.148 e. The van der Waals surface area contributed by atoms with Crippen molar-refractivity contribution in [3.8, 4) is 5.75 Å². The highest BCUT2D eigenvalue weighted by Crippen LogP contribution is 2.35. The summed E-state index contributed by atoms with van der Waals surface area (Å²) in [5.74, 6) is 0.300. The number of halogens is 3. The van der Waals surface area contributed by atoms with Gasteiger partial charge >= 0.3 is 0 Å². The number of nitrogens with two attached hydrogens (primary N) is 1. The first-order valence-electron chi connectivity index (χ1n) is 6.41. The third-order valence-corrected chi connectivity index (χ3v) is 3.94. The average Bonchev–Trinajstić information content (AvgIpc) is 2.37. The Bertz CT molecular complexity index is 612. The number of pyridine rings is 1. The Morgan fingerprint density at radius 2 is 1.86 bits per heavy atom. The van der Waals surface area contributed by atoms with Crippen molar-refractivity contribution in [3.63, 3.8) is 0 Å². The molecule has 0 bridgehead atoms. The number of benzene rings is 1. The molecule has 2 N–H and O–H groups in total. The Morgan fingerprint density at radius 1 is 1.19 bits per heavy atom. The van der Waals surface area contributed by atoms with Crippen molar-refractivity contribution >= 4 is 31.9 Å². The predicted octanol–water partition coefficient (Wildman–Crippen LogP) is 4.21. The molecule has 1 aromatic heterocycles. The van der Waals surface area contributed by atoms with Gasteiger partial charge in [-0.1, -0.05) is 0 Å². The van der Waals surface area contributed by atoms with Crippen molar-refractivity contribution in [2.45, 2.75) is 26.0 Å². The van der Waals surface area contributed by atoms with Gasteiger partial charge in [-0.15, -0.1) is 0 Å². The Labute approximate surface area is 140 Å². The summed E-state index contributed by atoms with van der Waals surface area (Å²) < 4.78 is 20.5. The van der Waals surface area contributed by atoms with Gasteiger partial charge in [-0.2, -0.15) is 0 Å². The van der Waals surface area contributed by atoms with Gasteiger partial charge in [-0.25, -0.2) is 4.39 Å². The molecule has 0 fully saturated rings. The molecule has 0 saturated carbocycles. The molecule has 2 aromatic rings. The van der Waals surface area contributed by atoms with Crippen molar-refractivity contribution in [2.75, 3.05) is 0 Å². The second-order valence-electron chi connectivity index (χ2n) is 4.87. The SMILES string of the molecule is CC(N)Cc1cc(Br)c(OCc2cncc(F)c2)c(Br)c1. The van der Waals surface area contributed by atoms with Gasteiger partial charge in [0.25, 0.3) is 0 Å². The van der Waals surface area contributed by atoms with Crippen LogP contribution >= 0.6 is 31.9 Å². The first kappa shape index (κ1) is 16.4. The Hall–Kier alpha value is -0.980. The Morgan fingerprint density at radius 3 is 2.43 bits per heavy atom. The zero-order valence-corrected chi connectivity index (χ0v) is 14.6. The van der Waals surface area contributed by atoms with Gasteiger partial charge in [0.05, 0.1) is 15.1 Å². The molecule has 0 spiro atoms. The zero-order chi connectivity index (χ0) is 15.4. The molecule has 0 aliphatic carbocycles. The van der Waals surface area contributed by atoms with E-state index in [0.29, 0.717) is 11.3 Å². The fourth-order valence-corrected chi connectivity index (χ4v) is 3.44. The minimum absolute atomic E-state index is 0.0916. The van der Waals surface area contributed by atoms with Gasteiger partial charge in [-0.3, -0.25) is 4.98 Å². The van der Waals surface area contributed by atoms with Crippen LogP contribution < -0.4 is 10.5 Å². The van der Waals surface area contributed by atoms with Crippen molar-refractivity contribution in [2.24, 2.45) is 5.73 Å². The molecule has 0 amide bonds. The third kappa shape index (κ3) is 4.76. The molecule has 1 heterocycles. The monoisotopic (exact) mass is 416 g/mol. The lowest BCUT2D eigenvalue weighted by molar-refractivity contribution is 0.301. The molecule has 1 unspecified atom stereocenters. The fourth-order valence-electron chi connectivity index (χ4n) is 1.93. The van der Waals surface area contributed by atoms with Crippen LogP contribution in [0, 0.1) is 5.82 Å². The number of rotatable bonds is 5. The van der Waals surface area contributed by atoms with E-state index in [0.717, 1.165) is 27.1 Å². The van der Waals surface area contributed by atoms with Gasteiger partial charge in [-0.05, 0) is 69.0 Å². The van der Waals surface area contributed by atoms with Crippen LogP contribution in [0.3, 0.4) is 0 Å². The molecular weight excluding hydrogens is 403 g/mol. The first-order chi connectivity index (χ1) is 9.95. The average molecular weight is 418 g/mol. The fraction of sp³-hybridized carbons (Fsp3) is 0.267. The van der Waals surface area contributed by atoms with Crippen LogP contribution in [0.2, 0.25) is 0 Å². The van der Waals surface area contributed by atoms with E-state index in [1.165, 1.54) is 6.07 Å². The Kier molecular flexibility index (Phi) is 5.72. The second kappa shape index (κ2) is 7.33. The normalized spacial score (nSPS) is 12.2. The smallest absolute Gasteiger partial charge is 0.148 e. The van der Waals surface area contributed by atoms with Crippen LogP contribution in [-0.2, 0) is 13.0 Å². The van der Waals surface area contributed by atoms with E-state index >= 15 is 0 Å². The zero-order valence-electron chi connectivity index (χ0n) is 11.4. The molecule has 0 radical (unpaired) electrons. The van der Waals surface area contributed by atoms with Crippen LogP contribution in [0.5, 0.6) is 5.75 Å². The maximum atomic E-state index is 13.1. The standard InChI is InChI=1S/C15H15Br2FN2O/c1-9(19)2-10-4-13(16)15(14(17)5-10)21-8-11-3-12(18)7-20-6-11/h3-7,9H,2,8,19H2,1H3. The van der Waals surface area contributed by atoms with Crippen LogP contribution in [0.4, 0.5) is 4.39 Å². The van der Waals surface area contributed by atoms with E-state index in [-0.39, 0.29) is 18.5 Å². The maximum absolute atomic E-state index is 13.1. The highest BCUT2D eigenvalue weighted by molar-refractivity contribution is 9.11. The molecule has 112 valence electrons. The molecule has 6 heteroatoms. The highest BCUT2D eigenvalue weighted by Gasteiger charge is 2.10. The number of ether oxygens (including phenoxy) is 1. The lowest BCUT2D eigenvalue weighted by atomic mass is 10.1. The van der Waals surface area contributed by atoms with E-state index in [4.69, 9.17) is 10.5 Å². The lowest BCUT2D eigenvalue weighted by Gasteiger charge is -2.13. The molecular formula is C15H15Br2FN2O. The summed E-state index contributed by atoms with van der Waals surface area (Å²) in [6, 6.07) is 5.45. The largest absolute Gasteiger partial charge is 0.486 e. The van der Waals surface area contributed by atoms with Gasteiger partial charge in [0.1, 0.15) is 18.2 Å². The summed E-state index contributed by atoms with van der Waals surface area (Å²) >= 11 is 6.98. The molecule has 1 atom stereocenters. The summed E-state index contributed by atoms with van der Waals surface area (Å²) in [5, 5.41) is 0. The predicted molar refractivity (Wildman–Crippen MR) is 87.7 cm³/mol. The van der Waals surface area contributed by atoms with E-state index < -0.39 is 0 Å². The van der Waals surface area contributed by atoms with Crippen LogP contribution in [0.1, 0.15) is 18.1 Å². The first-order valence-corrected chi connectivity index (χ1v) is 8.00.